The van der Waals surface area contributed by atoms with Gasteiger partial charge in [0.15, 0.2) is 4.91 Å². The number of hydrogen-bond donors (Lipinski definition) is 1. The lowest BCUT2D eigenvalue weighted by atomic mass is 9.95. The quantitative estimate of drug-likeness (QED) is 0.428. The molecule has 3 aromatic carbocycles. The fourth-order valence-corrected chi connectivity index (χ4v) is 5.93. The minimum absolute atomic E-state index is 0.0145. The molecule has 0 saturated carbocycles. The van der Waals surface area contributed by atoms with E-state index in [9.17, 15) is 13.2 Å². The minimum Gasteiger partial charge on any atom is -0.351 e. The fraction of sp³-hybridized carbons (Fsp3) is 0.115. The van der Waals surface area contributed by atoms with E-state index in [1.165, 1.54) is 10.4 Å². The van der Waals surface area contributed by atoms with Crippen LogP contribution in [0.15, 0.2) is 90.4 Å². The van der Waals surface area contributed by atoms with Crippen molar-refractivity contribution in [1.82, 2.24) is 5.32 Å². The Morgan fingerprint density at radius 3 is 2.32 bits per heavy atom. The molecular weight excluding hydrogens is 491 g/mol. The summed E-state index contributed by atoms with van der Waals surface area (Å²) in [4.78, 5) is 13.1. The molecule has 1 heterocycles. The Morgan fingerprint density at radius 2 is 1.65 bits per heavy atom. The molecule has 1 aliphatic rings. The van der Waals surface area contributed by atoms with E-state index in [0.717, 1.165) is 5.56 Å². The van der Waals surface area contributed by atoms with Crippen LogP contribution in [0.3, 0.4) is 0 Å². The van der Waals surface area contributed by atoms with Crippen molar-refractivity contribution in [2.24, 2.45) is 0 Å². The van der Waals surface area contributed by atoms with Crippen LogP contribution >= 0.6 is 23.2 Å². The smallest absolute Gasteiger partial charge is 0.270 e. The number of nitrogens with one attached hydrogen (secondary N) is 1. The number of fused-ring (bicyclic) bond motifs is 1. The third-order valence-electron chi connectivity index (χ3n) is 5.45. The van der Waals surface area contributed by atoms with Gasteiger partial charge in [-0.15, -0.1) is 6.58 Å². The number of carbonyl (C=O) groups is 1. The van der Waals surface area contributed by atoms with Gasteiger partial charge in [0.1, 0.15) is 0 Å². The maximum atomic E-state index is 13.8. The number of hydrogen-bond acceptors (Lipinski definition) is 3. The van der Waals surface area contributed by atoms with Gasteiger partial charge in [-0.1, -0.05) is 71.7 Å². The van der Waals surface area contributed by atoms with Crippen LogP contribution in [0, 0.1) is 0 Å². The van der Waals surface area contributed by atoms with Crippen molar-refractivity contribution in [3.8, 4) is 0 Å². The first-order chi connectivity index (χ1) is 16.3. The molecule has 1 N–H and O–H groups in total. The highest BCUT2D eigenvalue weighted by Crippen LogP contribution is 2.43. The number of halogens is 2. The predicted molar refractivity (Wildman–Crippen MR) is 139 cm³/mol. The molecule has 1 amide bonds. The zero-order valence-corrected chi connectivity index (χ0v) is 20.5. The summed E-state index contributed by atoms with van der Waals surface area (Å²) >= 11 is 12.2. The van der Waals surface area contributed by atoms with Gasteiger partial charge in [0.2, 0.25) is 0 Å². The van der Waals surface area contributed by atoms with Gasteiger partial charge in [0, 0.05) is 27.7 Å². The average molecular weight is 513 g/mol. The molecule has 0 saturated heterocycles. The fourth-order valence-electron chi connectivity index (χ4n) is 3.90. The first-order valence-electron chi connectivity index (χ1n) is 10.6. The van der Waals surface area contributed by atoms with Gasteiger partial charge in [-0.3, -0.25) is 9.10 Å². The number of amides is 1. The molecule has 0 spiro atoms. The van der Waals surface area contributed by atoms with Crippen LogP contribution < -0.4 is 9.62 Å². The normalized spacial score (nSPS) is 14.5. The molecule has 4 rings (SSSR count). The second kappa shape index (κ2) is 10.1. The van der Waals surface area contributed by atoms with Gasteiger partial charge in [-0.2, -0.15) is 0 Å². The van der Waals surface area contributed by atoms with Gasteiger partial charge >= 0.3 is 0 Å². The molecule has 8 heteroatoms. The van der Waals surface area contributed by atoms with E-state index >= 15 is 0 Å². The number of benzene rings is 3. The third-order valence-corrected chi connectivity index (χ3v) is 7.77. The van der Waals surface area contributed by atoms with E-state index < -0.39 is 15.9 Å². The summed E-state index contributed by atoms with van der Waals surface area (Å²) in [7, 11) is -4.18. The lowest BCUT2D eigenvalue weighted by Crippen LogP contribution is -2.42. The van der Waals surface area contributed by atoms with Crippen LogP contribution in [0.2, 0.25) is 10.0 Å². The van der Waals surface area contributed by atoms with Crippen molar-refractivity contribution in [3.05, 3.63) is 117 Å². The van der Waals surface area contributed by atoms with Gasteiger partial charge < -0.3 is 5.32 Å². The second-order valence-electron chi connectivity index (χ2n) is 7.69. The van der Waals surface area contributed by atoms with E-state index in [2.05, 4.69) is 11.9 Å². The lowest BCUT2D eigenvalue weighted by molar-refractivity contribution is -0.116. The zero-order chi connectivity index (χ0) is 24.3. The predicted octanol–water partition coefficient (Wildman–Crippen LogP) is 5.45. The van der Waals surface area contributed by atoms with Gasteiger partial charge in [0.05, 0.1) is 12.2 Å². The molecule has 3 aromatic rings. The van der Waals surface area contributed by atoms with Crippen LogP contribution in [-0.4, -0.2) is 27.4 Å². The van der Waals surface area contributed by atoms with Crippen molar-refractivity contribution in [2.75, 3.05) is 17.4 Å². The molecule has 0 aliphatic carbocycles. The molecule has 0 unspecified atom stereocenters. The molecule has 0 radical (unpaired) electrons. The Morgan fingerprint density at radius 1 is 0.971 bits per heavy atom. The van der Waals surface area contributed by atoms with Crippen molar-refractivity contribution >= 4 is 50.4 Å². The van der Waals surface area contributed by atoms with Gasteiger partial charge in [-0.25, -0.2) is 8.42 Å². The Balaban J connectivity index is 1.81. The second-order valence-corrected chi connectivity index (χ2v) is 10.4. The van der Waals surface area contributed by atoms with E-state index in [1.54, 1.807) is 54.6 Å². The summed E-state index contributed by atoms with van der Waals surface area (Å²) in [6, 6.07) is 21.2. The van der Waals surface area contributed by atoms with Gasteiger partial charge in [0.25, 0.3) is 15.9 Å². The highest BCUT2D eigenvalue weighted by atomic mass is 35.5. The zero-order valence-electron chi connectivity index (χ0n) is 18.2. The van der Waals surface area contributed by atoms with Crippen LogP contribution in [0.5, 0.6) is 0 Å². The van der Waals surface area contributed by atoms with E-state index in [4.69, 9.17) is 23.2 Å². The molecule has 34 heavy (non-hydrogen) atoms. The molecule has 1 aliphatic heterocycles. The van der Waals surface area contributed by atoms with E-state index in [0.29, 0.717) is 38.9 Å². The Hall–Kier alpha value is -3.06. The average Bonchev–Trinajstić information content (AvgIpc) is 2.82. The monoisotopic (exact) mass is 512 g/mol. The summed E-state index contributed by atoms with van der Waals surface area (Å²) in [5.74, 6) is -0.674. The van der Waals surface area contributed by atoms with Crippen molar-refractivity contribution < 1.29 is 13.2 Å². The number of nitrogens with zero attached hydrogens (tertiary/aromatic N) is 1. The van der Waals surface area contributed by atoms with Crippen molar-refractivity contribution in [2.45, 2.75) is 6.42 Å². The molecule has 0 fully saturated rings. The summed E-state index contributed by atoms with van der Waals surface area (Å²) in [6.07, 6.45) is 2.01. The summed E-state index contributed by atoms with van der Waals surface area (Å²) in [5, 5.41) is 3.85. The Bertz CT molecular complexity index is 1370. The maximum absolute atomic E-state index is 13.8. The van der Waals surface area contributed by atoms with E-state index in [-0.39, 0.29) is 18.0 Å². The number of anilines is 1. The van der Waals surface area contributed by atoms with Crippen LogP contribution in [-0.2, 0) is 21.2 Å². The SMILES string of the molecule is C=CCN1c2ccc(Cl)cc2C(c2ccccc2)=C(C(=O)NCCc2ccc(Cl)cc2)S1(=O)=O. The number of rotatable bonds is 7. The molecule has 0 aromatic heterocycles. The van der Waals surface area contributed by atoms with Crippen LogP contribution in [0.1, 0.15) is 16.7 Å². The maximum Gasteiger partial charge on any atom is 0.270 e. The Labute approximate surface area is 209 Å². The first-order valence-corrected chi connectivity index (χ1v) is 12.8. The van der Waals surface area contributed by atoms with Gasteiger partial charge in [-0.05, 0) is 47.9 Å². The summed E-state index contributed by atoms with van der Waals surface area (Å²) < 4.78 is 28.7. The molecular formula is C26H22Cl2N2O3S. The summed E-state index contributed by atoms with van der Waals surface area (Å²) in [5.41, 5.74) is 2.91. The molecule has 174 valence electrons. The minimum atomic E-state index is -4.18. The van der Waals surface area contributed by atoms with Crippen LogP contribution in [0.4, 0.5) is 5.69 Å². The Kier molecular flexibility index (Phi) is 7.12. The van der Waals surface area contributed by atoms with Crippen molar-refractivity contribution in [3.63, 3.8) is 0 Å². The summed E-state index contributed by atoms with van der Waals surface area (Å²) in [6.45, 7) is 3.96. The largest absolute Gasteiger partial charge is 0.351 e. The molecule has 0 bridgehead atoms. The first kappa shape index (κ1) is 24.1. The van der Waals surface area contributed by atoms with Crippen molar-refractivity contribution in [1.29, 1.82) is 0 Å². The standard InChI is InChI=1S/C26H22Cl2N2O3S/c1-2-16-30-23-13-12-21(28)17-22(23)24(19-6-4-3-5-7-19)25(34(30,32)33)26(31)29-15-14-18-8-10-20(27)11-9-18/h2-13,17H,1,14-16H2,(H,29,31). The highest BCUT2D eigenvalue weighted by Gasteiger charge is 2.40. The lowest BCUT2D eigenvalue weighted by Gasteiger charge is -2.33. The van der Waals surface area contributed by atoms with Crippen LogP contribution in [0.25, 0.3) is 5.57 Å². The topological polar surface area (TPSA) is 66.5 Å². The third kappa shape index (κ3) is 4.75. The number of sulfonamides is 1. The molecule has 5 nitrogen and oxygen atoms in total. The molecule has 0 atom stereocenters. The number of carbonyl (C=O) groups excluding carboxylic acids is 1. The van der Waals surface area contributed by atoms with E-state index in [1.807, 2.05) is 18.2 Å². The highest BCUT2D eigenvalue weighted by molar-refractivity contribution is 7.97.